The van der Waals surface area contributed by atoms with E-state index >= 15 is 0 Å². The van der Waals surface area contributed by atoms with Crippen molar-refractivity contribution >= 4 is 11.6 Å². The Labute approximate surface area is 51.2 Å². The van der Waals surface area contributed by atoms with Gasteiger partial charge in [0.05, 0.1) is 6.61 Å². The molecule has 0 unspecified atom stereocenters. The van der Waals surface area contributed by atoms with Gasteiger partial charge in [-0.2, -0.15) is 0 Å². The number of hydrogen-bond acceptors (Lipinski definition) is 0. The van der Waals surface area contributed by atoms with Gasteiger partial charge in [0.25, 0.3) is 0 Å². The molecule has 1 nitrogen and oxygen atoms in total. The molecule has 0 aliphatic carbocycles. The molecule has 0 amide bonds. The van der Waals surface area contributed by atoms with Gasteiger partial charge in [0.1, 0.15) is 0 Å². The van der Waals surface area contributed by atoms with E-state index in [9.17, 15) is 0 Å². The van der Waals surface area contributed by atoms with Crippen LogP contribution in [0.2, 0.25) is 0 Å². The van der Waals surface area contributed by atoms with E-state index in [-0.39, 0.29) is 34.2 Å². The molecule has 0 aliphatic heterocycles. The van der Waals surface area contributed by atoms with E-state index in [1.165, 1.54) is 0 Å². The standard InChI is InChI=1S/C2H4ClO.Ti/c3-1-2-4;/h1-2H2;. The monoisotopic (exact) mass is 127 g/mol. The van der Waals surface area contributed by atoms with Crippen molar-refractivity contribution in [1.82, 2.24) is 0 Å². The van der Waals surface area contributed by atoms with E-state index in [2.05, 4.69) is 0 Å². The minimum Gasteiger partial charge on any atom is -0.235 e. The van der Waals surface area contributed by atoms with Gasteiger partial charge < -0.3 is 0 Å². The van der Waals surface area contributed by atoms with E-state index in [0.29, 0.717) is 0 Å². The molecular formula is C2H4ClOTi. The van der Waals surface area contributed by atoms with E-state index in [4.69, 9.17) is 16.7 Å². The molecule has 0 rings (SSSR count). The molecule has 0 fully saturated rings. The summed E-state index contributed by atoms with van der Waals surface area (Å²) in [6.07, 6.45) is 0. The molecule has 0 aromatic rings. The largest absolute Gasteiger partial charge is 0.235 e. The quantitative estimate of drug-likeness (QED) is 0.364. The molecule has 5 heavy (non-hydrogen) atoms. The molecule has 1 radical (unpaired) electrons. The summed E-state index contributed by atoms with van der Waals surface area (Å²) in [4.78, 5) is 0. The van der Waals surface area contributed by atoms with Crippen LogP contribution in [0.3, 0.4) is 0 Å². The number of alkyl halides is 1. The summed E-state index contributed by atoms with van der Waals surface area (Å²) in [6.45, 7) is -0.165. The zero-order chi connectivity index (χ0) is 3.41. The Morgan fingerprint density at radius 3 is 1.80 bits per heavy atom. The maximum absolute atomic E-state index is 9.17. The fourth-order valence-corrected chi connectivity index (χ4v) is 0. The van der Waals surface area contributed by atoms with Crippen molar-refractivity contribution in [2.75, 3.05) is 12.5 Å². The Morgan fingerprint density at radius 1 is 1.60 bits per heavy atom. The Balaban J connectivity index is 0. The Hall–Kier alpha value is 0.964. The van der Waals surface area contributed by atoms with Crippen LogP contribution >= 0.6 is 11.6 Å². The number of hydrogen-bond donors (Lipinski definition) is 0. The normalized spacial score (nSPS) is 6.00. The minimum absolute atomic E-state index is 0. The van der Waals surface area contributed by atoms with Crippen LogP contribution in [-0.4, -0.2) is 12.5 Å². The Morgan fingerprint density at radius 2 is 1.80 bits per heavy atom. The molecule has 29 valence electrons. The molecule has 0 saturated heterocycles. The van der Waals surface area contributed by atoms with Crippen LogP contribution in [-0.2, 0) is 26.8 Å². The first kappa shape index (κ1) is 9.35. The zero-order valence-electron chi connectivity index (χ0n) is 2.70. The average Bonchev–Trinajstić information content (AvgIpc) is 1.37. The molecule has 0 spiro atoms. The van der Waals surface area contributed by atoms with Gasteiger partial charge in [0.2, 0.25) is 0 Å². The molecule has 0 bridgehead atoms. The van der Waals surface area contributed by atoms with Crippen molar-refractivity contribution in [1.29, 1.82) is 0 Å². The molecule has 0 atom stereocenters. The van der Waals surface area contributed by atoms with Gasteiger partial charge in [0.15, 0.2) is 0 Å². The van der Waals surface area contributed by atoms with Crippen LogP contribution in [0.25, 0.3) is 0 Å². The maximum Gasteiger partial charge on any atom is 0.0957 e. The van der Waals surface area contributed by atoms with E-state index in [1.54, 1.807) is 0 Å². The first-order valence-electron chi connectivity index (χ1n) is 1.06. The molecule has 0 saturated carbocycles. The smallest absolute Gasteiger partial charge is 0.0957 e. The van der Waals surface area contributed by atoms with Crippen LogP contribution in [0.1, 0.15) is 0 Å². The summed E-state index contributed by atoms with van der Waals surface area (Å²) in [6, 6.07) is 0. The van der Waals surface area contributed by atoms with Gasteiger partial charge in [-0.3, -0.25) is 0 Å². The predicted molar refractivity (Wildman–Crippen MR) is 16.3 cm³/mol. The van der Waals surface area contributed by atoms with E-state index in [0.717, 1.165) is 0 Å². The summed E-state index contributed by atoms with van der Waals surface area (Å²) in [5, 5.41) is 9.17. The first-order valence-corrected chi connectivity index (χ1v) is 1.59. The molecule has 0 aliphatic rings. The molecule has 0 aromatic heterocycles. The summed E-state index contributed by atoms with van der Waals surface area (Å²) >= 11 is 4.87. The van der Waals surface area contributed by atoms with Gasteiger partial charge in [-0.25, -0.2) is 5.11 Å². The third-order valence-corrected chi connectivity index (χ3v) is 0.231. The second-order valence-electron chi connectivity index (χ2n) is 0.393. The molecule has 0 aromatic carbocycles. The third kappa shape index (κ3) is 11.3. The van der Waals surface area contributed by atoms with Crippen molar-refractivity contribution in [3.63, 3.8) is 0 Å². The Bertz CT molecular complexity index is 11.6. The SMILES string of the molecule is [O]CCCl.[Ti]. The summed E-state index contributed by atoms with van der Waals surface area (Å²) in [7, 11) is 0. The van der Waals surface area contributed by atoms with Crippen molar-refractivity contribution in [3.8, 4) is 0 Å². The number of rotatable bonds is 1. The van der Waals surface area contributed by atoms with Gasteiger partial charge in [-0.15, -0.1) is 11.6 Å². The minimum atomic E-state index is -0.165. The predicted octanol–water partition coefficient (Wildman–Crippen LogP) is 0.653. The fraction of sp³-hybridized carbons (Fsp3) is 1.00. The molecule has 3 heteroatoms. The van der Waals surface area contributed by atoms with Crippen LogP contribution in [0.4, 0.5) is 0 Å². The van der Waals surface area contributed by atoms with Crippen LogP contribution in [0.15, 0.2) is 0 Å². The van der Waals surface area contributed by atoms with Crippen LogP contribution < -0.4 is 0 Å². The fourth-order valence-electron chi connectivity index (χ4n) is 0. The number of halogens is 1. The van der Waals surface area contributed by atoms with Gasteiger partial charge >= 0.3 is 0 Å². The van der Waals surface area contributed by atoms with Crippen molar-refractivity contribution in [3.05, 3.63) is 0 Å². The van der Waals surface area contributed by atoms with Crippen LogP contribution in [0.5, 0.6) is 0 Å². The van der Waals surface area contributed by atoms with Gasteiger partial charge in [-0.05, 0) is 0 Å². The second kappa shape index (κ2) is 8.88. The Kier molecular flexibility index (Phi) is 16.6. The van der Waals surface area contributed by atoms with Crippen molar-refractivity contribution < 1.29 is 26.8 Å². The maximum atomic E-state index is 9.17. The van der Waals surface area contributed by atoms with E-state index < -0.39 is 0 Å². The summed E-state index contributed by atoms with van der Waals surface area (Å²) < 4.78 is 0. The third-order valence-electron chi connectivity index (χ3n) is 0.0772. The first-order chi connectivity index (χ1) is 1.91. The van der Waals surface area contributed by atoms with Crippen molar-refractivity contribution in [2.24, 2.45) is 0 Å². The van der Waals surface area contributed by atoms with Crippen molar-refractivity contribution in [2.45, 2.75) is 0 Å². The van der Waals surface area contributed by atoms with Gasteiger partial charge in [0, 0.05) is 27.6 Å². The topological polar surface area (TPSA) is 19.9 Å². The molecule has 0 N–H and O–H groups in total. The zero-order valence-corrected chi connectivity index (χ0v) is 5.02. The molecule has 0 heterocycles. The average molecular weight is 127 g/mol. The summed E-state index contributed by atoms with van der Waals surface area (Å²) in [5.74, 6) is 0.236. The van der Waals surface area contributed by atoms with Gasteiger partial charge in [-0.1, -0.05) is 0 Å². The summed E-state index contributed by atoms with van der Waals surface area (Å²) in [5.41, 5.74) is 0. The molecular weight excluding hydrogens is 123 g/mol. The van der Waals surface area contributed by atoms with E-state index in [1.807, 2.05) is 0 Å². The second-order valence-corrected chi connectivity index (χ2v) is 0.771. The van der Waals surface area contributed by atoms with Crippen LogP contribution in [0, 0.1) is 0 Å².